The number of pyridine rings is 1. The lowest BCUT2D eigenvalue weighted by Crippen LogP contribution is -1.98. The number of hydrogen-bond donors (Lipinski definition) is 2. The van der Waals surface area contributed by atoms with E-state index in [0.29, 0.717) is 10.8 Å². The fraction of sp³-hybridized carbons (Fsp3) is 0.0455. The fourth-order valence-corrected chi connectivity index (χ4v) is 3.06. The summed E-state index contributed by atoms with van der Waals surface area (Å²) in [7, 11) is 0. The van der Waals surface area contributed by atoms with Crippen LogP contribution in [0.2, 0.25) is 0 Å². The summed E-state index contributed by atoms with van der Waals surface area (Å²) in [5.74, 6) is -1.69. The van der Waals surface area contributed by atoms with Gasteiger partial charge in [0.15, 0.2) is 0 Å². The minimum atomic E-state index is -0.742. The van der Waals surface area contributed by atoms with Gasteiger partial charge in [0.1, 0.15) is 0 Å². The van der Waals surface area contributed by atoms with Crippen molar-refractivity contribution in [2.45, 2.75) is 6.54 Å². The van der Waals surface area contributed by atoms with E-state index in [-0.39, 0.29) is 29.4 Å². The number of benzene rings is 2. The average Bonchev–Trinajstić information content (AvgIpc) is 3.03. The number of aromatic hydroxyl groups is 2. The highest BCUT2D eigenvalue weighted by Crippen LogP contribution is 2.37. The molecule has 0 saturated heterocycles. The van der Waals surface area contributed by atoms with Gasteiger partial charge in [-0.15, -0.1) is 10.2 Å². The molecular weight excluding hydrogens is 384 g/mol. The van der Waals surface area contributed by atoms with Crippen LogP contribution in [0.5, 0.6) is 11.8 Å². The quantitative estimate of drug-likeness (QED) is 0.503. The third kappa shape index (κ3) is 3.66. The molecule has 0 aliphatic rings. The number of azo groups is 1. The van der Waals surface area contributed by atoms with Crippen molar-refractivity contribution in [2.24, 2.45) is 10.2 Å². The van der Waals surface area contributed by atoms with E-state index in [4.69, 9.17) is 0 Å². The largest absolute Gasteiger partial charge is 0.494 e. The summed E-state index contributed by atoms with van der Waals surface area (Å²) in [6.45, 7) is 0.261. The van der Waals surface area contributed by atoms with E-state index in [1.807, 2.05) is 30.3 Å². The van der Waals surface area contributed by atoms with E-state index >= 15 is 0 Å². The van der Waals surface area contributed by atoms with Crippen molar-refractivity contribution in [3.63, 3.8) is 0 Å². The summed E-state index contributed by atoms with van der Waals surface area (Å²) < 4.78 is 1.35. The van der Waals surface area contributed by atoms with Gasteiger partial charge in [-0.25, -0.2) is 0 Å². The Hall–Kier alpha value is -4.33. The van der Waals surface area contributed by atoms with Gasteiger partial charge in [-0.05, 0) is 35.9 Å². The monoisotopic (exact) mass is 400 g/mol. The molecular formula is C22H16N4O4. The van der Waals surface area contributed by atoms with Crippen LogP contribution in [0.3, 0.4) is 0 Å². The van der Waals surface area contributed by atoms with Crippen LogP contribution in [0.1, 0.15) is 26.3 Å². The lowest BCUT2D eigenvalue weighted by molar-refractivity contribution is 0.0947. The van der Waals surface area contributed by atoms with E-state index < -0.39 is 11.8 Å². The van der Waals surface area contributed by atoms with Crippen molar-refractivity contribution in [2.75, 3.05) is 0 Å². The first-order valence-electron chi connectivity index (χ1n) is 9.03. The third-order valence-corrected chi connectivity index (χ3v) is 4.60. The van der Waals surface area contributed by atoms with Gasteiger partial charge in [-0.2, -0.15) is 0 Å². The van der Waals surface area contributed by atoms with Gasteiger partial charge in [-0.1, -0.05) is 30.3 Å². The topological polar surface area (TPSA) is 117 Å². The molecule has 0 aliphatic heterocycles. The fourth-order valence-electron chi connectivity index (χ4n) is 3.06. The molecule has 0 saturated carbocycles. The summed E-state index contributed by atoms with van der Waals surface area (Å²) in [6.07, 6.45) is 2.88. The Bertz CT molecular complexity index is 1260. The molecule has 0 aliphatic carbocycles. The molecule has 0 fully saturated rings. The van der Waals surface area contributed by atoms with E-state index in [0.717, 1.165) is 5.56 Å². The molecule has 30 heavy (non-hydrogen) atoms. The van der Waals surface area contributed by atoms with Crippen molar-refractivity contribution >= 4 is 22.6 Å². The van der Waals surface area contributed by atoms with E-state index in [1.165, 1.54) is 47.3 Å². The van der Waals surface area contributed by atoms with Crippen LogP contribution in [0, 0.1) is 0 Å². The van der Waals surface area contributed by atoms with Gasteiger partial charge >= 0.3 is 0 Å². The second-order valence-electron chi connectivity index (χ2n) is 6.53. The minimum Gasteiger partial charge on any atom is -0.494 e. The Morgan fingerprint density at radius 1 is 0.800 bits per heavy atom. The molecule has 0 radical (unpaired) electrons. The number of hydrogen-bond acceptors (Lipinski definition) is 5. The molecule has 0 bridgehead atoms. The summed E-state index contributed by atoms with van der Waals surface area (Å²) in [6, 6.07) is 16.7. The van der Waals surface area contributed by atoms with E-state index in [2.05, 4.69) is 15.2 Å². The molecule has 2 aromatic carbocycles. The number of carbonyl (C=O) groups excluding carboxylic acids is 2. The van der Waals surface area contributed by atoms with E-state index in [1.54, 1.807) is 0 Å². The summed E-state index contributed by atoms with van der Waals surface area (Å²) in [5.41, 5.74) is 1.28. The van der Waals surface area contributed by atoms with Crippen LogP contribution in [0.25, 0.3) is 10.8 Å². The number of amides is 2. The maximum atomic E-state index is 12.3. The zero-order chi connectivity index (χ0) is 21.1. The number of nitrogens with zero attached hydrogens (tertiary/aromatic N) is 4. The van der Waals surface area contributed by atoms with Crippen LogP contribution >= 0.6 is 0 Å². The lowest BCUT2D eigenvalue weighted by Gasteiger charge is -2.06. The Morgan fingerprint density at radius 3 is 2.13 bits per heavy atom. The van der Waals surface area contributed by atoms with Gasteiger partial charge in [0.05, 0.1) is 6.54 Å². The highest BCUT2D eigenvalue weighted by molar-refractivity contribution is 6.03. The number of carbonyl (C=O) groups is 2. The molecule has 4 aromatic rings. The van der Waals surface area contributed by atoms with Gasteiger partial charge < -0.3 is 10.2 Å². The maximum absolute atomic E-state index is 12.3. The zero-order valence-electron chi connectivity index (χ0n) is 15.6. The van der Waals surface area contributed by atoms with Crippen molar-refractivity contribution < 1.29 is 19.8 Å². The summed E-state index contributed by atoms with van der Waals surface area (Å²) in [4.78, 5) is 28.1. The van der Waals surface area contributed by atoms with Crippen LogP contribution in [0.15, 0.2) is 83.3 Å². The predicted molar refractivity (Wildman–Crippen MR) is 109 cm³/mol. The molecule has 8 nitrogen and oxygen atoms in total. The molecule has 2 N–H and O–H groups in total. The summed E-state index contributed by atoms with van der Waals surface area (Å²) in [5, 5.41) is 28.7. The molecule has 148 valence electrons. The average molecular weight is 400 g/mol. The first kappa shape index (κ1) is 19.0. The second kappa shape index (κ2) is 7.96. The highest BCUT2D eigenvalue weighted by Gasteiger charge is 2.18. The lowest BCUT2D eigenvalue weighted by atomic mass is 10.1. The summed E-state index contributed by atoms with van der Waals surface area (Å²) >= 11 is 0. The highest BCUT2D eigenvalue weighted by atomic mass is 16.3. The molecule has 0 atom stereocenters. The first-order valence-corrected chi connectivity index (χ1v) is 9.03. The molecule has 2 heterocycles. The van der Waals surface area contributed by atoms with Crippen molar-refractivity contribution in [3.05, 3.63) is 89.7 Å². The third-order valence-electron chi connectivity index (χ3n) is 4.60. The molecule has 4 rings (SSSR count). The van der Waals surface area contributed by atoms with Crippen LogP contribution in [-0.4, -0.2) is 31.6 Å². The van der Waals surface area contributed by atoms with Crippen LogP contribution < -0.4 is 0 Å². The van der Waals surface area contributed by atoms with Crippen LogP contribution in [-0.2, 0) is 6.54 Å². The Balaban J connectivity index is 1.61. The van der Waals surface area contributed by atoms with Crippen molar-refractivity contribution in [3.8, 4) is 11.8 Å². The maximum Gasteiger partial charge on any atom is 0.295 e. The van der Waals surface area contributed by atoms with Gasteiger partial charge in [-0.3, -0.25) is 19.1 Å². The number of rotatable bonds is 4. The van der Waals surface area contributed by atoms with E-state index in [9.17, 15) is 19.8 Å². The minimum absolute atomic E-state index is 0.111. The number of aromatic nitrogens is 2. The Labute approximate surface area is 170 Å². The normalized spacial score (nSPS) is 11.2. The SMILES string of the molecule is O=C(N=NC(=O)c1ccc2c(O)n(Cc3ccccc3)c(O)c2c1)c1ccncc1. The van der Waals surface area contributed by atoms with Crippen LogP contribution in [0.4, 0.5) is 0 Å². The molecule has 0 unspecified atom stereocenters. The Morgan fingerprint density at radius 2 is 1.43 bits per heavy atom. The smallest absolute Gasteiger partial charge is 0.295 e. The van der Waals surface area contributed by atoms with Crippen molar-refractivity contribution in [1.82, 2.24) is 9.55 Å². The standard InChI is InChI=1S/C22H16N4O4/c27-19(15-8-10-23-11-9-15)24-25-20(28)16-6-7-17-18(12-16)22(30)26(21(17)29)13-14-4-2-1-3-5-14/h1-12,29-30H,13H2. The second-order valence-corrected chi connectivity index (χ2v) is 6.53. The Kier molecular flexibility index (Phi) is 5.04. The van der Waals surface area contributed by atoms with Gasteiger partial charge in [0.25, 0.3) is 11.8 Å². The molecule has 2 amide bonds. The van der Waals surface area contributed by atoms with Gasteiger partial charge in [0, 0.05) is 34.3 Å². The van der Waals surface area contributed by atoms with Crippen molar-refractivity contribution in [1.29, 1.82) is 0 Å². The molecule has 8 heteroatoms. The van der Waals surface area contributed by atoms with Gasteiger partial charge in [0.2, 0.25) is 11.8 Å². The number of fused-ring (bicyclic) bond motifs is 1. The predicted octanol–water partition coefficient (Wildman–Crippen LogP) is 3.93. The zero-order valence-corrected chi connectivity index (χ0v) is 15.6. The molecule has 0 spiro atoms. The molecule has 2 aromatic heterocycles. The first-order chi connectivity index (χ1) is 14.5.